The van der Waals surface area contributed by atoms with Crippen molar-refractivity contribution >= 4 is 0 Å². The third kappa shape index (κ3) is 1.88. The lowest BCUT2D eigenvalue weighted by Crippen LogP contribution is -2.10. The van der Waals surface area contributed by atoms with E-state index in [2.05, 4.69) is 5.92 Å². The van der Waals surface area contributed by atoms with E-state index in [0.29, 0.717) is 0 Å². The Morgan fingerprint density at radius 3 is 2.36 bits per heavy atom. The molecular formula is C10H8F3N. The van der Waals surface area contributed by atoms with Gasteiger partial charge in [0, 0.05) is 5.56 Å². The van der Waals surface area contributed by atoms with Crippen LogP contribution in [0.25, 0.3) is 0 Å². The second-order valence-corrected chi connectivity index (χ2v) is 2.70. The van der Waals surface area contributed by atoms with E-state index in [1.54, 1.807) is 0 Å². The van der Waals surface area contributed by atoms with E-state index in [9.17, 15) is 13.2 Å². The van der Waals surface area contributed by atoms with Crippen LogP contribution in [0.1, 0.15) is 23.6 Å². The predicted octanol–water partition coefficient (Wildman–Crippen LogP) is 2.40. The first-order valence-electron chi connectivity index (χ1n) is 3.86. The van der Waals surface area contributed by atoms with Crippen LogP contribution in [0.4, 0.5) is 13.2 Å². The van der Waals surface area contributed by atoms with Crippen molar-refractivity contribution in [2.24, 2.45) is 5.73 Å². The maximum Gasteiger partial charge on any atom is 0.266 e. The average Bonchev–Trinajstić information content (AvgIpc) is 2.16. The number of rotatable bonds is 2. The number of benzene rings is 1. The minimum Gasteiger partial charge on any atom is -0.314 e. The average molecular weight is 199 g/mol. The molecule has 0 heterocycles. The summed E-state index contributed by atoms with van der Waals surface area (Å²) in [4.78, 5) is 0. The van der Waals surface area contributed by atoms with Crippen molar-refractivity contribution in [2.45, 2.75) is 12.5 Å². The molecule has 0 aliphatic rings. The molecule has 2 N–H and O–H groups in total. The number of hydrogen-bond donors (Lipinski definition) is 1. The minimum atomic E-state index is -2.86. The minimum absolute atomic E-state index is 0.0784. The van der Waals surface area contributed by atoms with E-state index in [0.717, 1.165) is 6.07 Å². The lowest BCUT2D eigenvalue weighted by Gasteiger charge is -2.09. The van der Waals surface area contributed by atoms with Gasteiger partial charge in [0.2, 0.25) is 0 Å². The van der Waals surface area contributed by atoms with Crippen LogP contribution in [0, 0.1) is 18.2 Å². The van der Waals surface area contributed by atoms with Gasteiger partial charge in [-0.25, -0.2) is 13.2 Å². The first kappa shape index (κ1) is 10.6. The summed E-state index contributed by atoms with van der Waals surface area (Å²) >= 11 is 0. The normalized spacial score (nSPS) is 12.6. The summed E-state index contributed by atoms with van der Waals surface area (Å²) < 4.78 is 37.8. The first-order chi connectivity index (χ1) is 6.57. The zero-order valence-corrected chi connectivity index (χ0v) is 7.18. The smallest absolute Gasteiger partial charge is 0.266 e. The van der Waals surface area contributed by atoms with E-state index in [1.165, 1.54) is 12.1 Å². The van der Waals surface area contributed by atoms with Crippen LogP contribution in [0.15, 0.2) is 18.2 Å². The van der Waals surface area contributed by atoms with Gasteiger partial charge in [-0.2, -0.15) is 0 Å². The number of halogens is 3. The van der Waals surface area contributed by atoms with Gasteiger partial charge in [-0.3, -0.25) is 0 Å². The van der Waals surface area contributed by atoms with E-state index >= 15 is 0 Å². The van der Waals surface area contributed by atoms with Crippen LogP contribution in [-0.4, -0.2) is 0 Å². The van der Waals surface area contributed by atoms with Crippen LogP contribution in [0.5, 0.6) is 0 Å². The summed E-state index contributed by atoms with van der Waals surface area (Å²) in [5.41, 5.74) is 4.59. The van der Waals surface area contributed by atoms with Crippen LogP contribution in [0.2, 0.25) is 0 Å². The number of terminal acetylenes is 1. The molecule has 0 fully saturated rings. The van der Waals surface area contributed by atoms with E-state index in [1.807, 2.05) is 0 Å². The van der Waals surface area contributed by atoms with E-state index in [4.69, 9.17) is 12.2 Å². The van der Waals surface area contributed by atoms with Crippen molar-refractivity contribution in [2.75, 3.05) is 0 Å². The molecule has 74 valence electrons. The Morgan fingerprint density at radius 2 is 1.86 bits per heavy atom. The molecule has 0 bridgehead atoms. The number of hydrogen-bond acceptors (Lipinski definition) is 1. The van der Waals surface area contributed by atoms with Gasteiger partial charge >= 0.3 is 0 Å². The van der Waals surface area contributed by atoms with Crippen LogP contribution >= 0.6 is 0 Å². The van der Waals surface area contributed by atoms with Crippen molar-refractivity contribution in [1.82, 2.24) is 0 Å². The Labute approximate surface area is 79.7 Å². The molecule has 1 rings (SSSR count). The van der Waals surface area contributed by atoms with Crippen LogP contribution in [0.3, 0.4) is 0 Å². The summed E-state index contributed by atoms with van der Waals surface area (Å²) in [5, 5.41) is 0. The second-order valence-electron chi connectivity index (χ2n) is 2.70. The highest BCUT2D eigenvalue weighted by Gasteiger charge is 2.18. The molecule has 0 aliphatic carbocycles. The van der Waals surface area contributed by atoms with E-state index in [-0.39, 0.29) is 5.56 Å². The Hall–Kier alpha value is -1.47. The maximum absolute atomic E-state index is 13.3. The van der Waals surface area contributed by atoms with Gasteiger partial charge in [0.05, 0.1) is 11.6 Å². The van der Waals surface area contributed by atoms with Gasteiger partial charge in [-0.15, -0.1) is 6.42 Å². The molecule has 1 aromatic carbocycles. The van der Waals surface area contributed by atoms with Crippen molar-refractivity contribution in [3.8, 4) is 12.3 Å². The van der Waals surface area contributed by atoms with Gasteiger partial charge in [-0.1, -0.05) is 24.1 Å². The lowest BCUT2D eigenvalue weighted by molar-refractivity contribution is 0.146. The standard InChI is InChI=1S/C10H8F3N/c1-2-8(14)6-4-3-5-7(9(6)11)10(12)13/h1,3-5,8,10H,14H2. The largest absolute Gasteiger partial charge is 0.314 e. The molecule has 0 aromatic heterocycles. The highest BCUT2D eigenvalue weighted by molar-refractivity contribution is 5.32. The maximum atomic E-state index is 13.3. The fourth-order valence-corrected chi connectivity index (χ4v) is 1.07. The highest BCUT2D eigenvalue weighted by atomic mass is 19.3. The van der Waals surface area contributed by atoms with Crippen LogP contribution < -0.4 is 5.73 Å². The summed E-state index contributed by atoms with van der Waals surface area (Å²) in [6.07, 6.45) is 2.11. The first-order valence-corrected chi connectivity index (χ1v) is 3.86. The third-order valence-corrected chi connectivity index (χ3v) is 1.81. The molecule has 0 radical (unpaired) electrons. The second kappa shape index (κ2) is 4.16. The molecular weight excluding hydrogens is 191 g/mol. The van der Waals surface area contributed by atoms with Gasteiger partial charge in [0.25, 0.3) is 6.43 Å². The molecule has 0 saturated heterocycles. The molecule has 0 aliphatic heterocycles. The lowest BCUT2D eigenvalue weighted by atomic mass is 10.0. The summed E-state index contributed by atoms with van der Waals surface area (Å²) in [6.45, 7) is 0. The number of nitrogens with two attached hydrogens (primary N) is 1. The van der Waals surface area contributed by atoms with Crippen molar-refractivity contribution in [3.63, 3.8) is 0 Å². The molecule has 1 unspecified atom stereocenters. The van der Waals surface area contributed by atoms with Crippen molar-refractivity contribution < 1.29 is 13.2 Å². The highest BCUT2D eigenvalue weighted by Crippen LogP contribution is 2.26. The van der Waals surface area contributed by atoms with Crippen LogP contribution in [-0.2, 0) is 0 Å². The third-order valence-electron chi connectivity index (χ3n) is 1.81. The quantitative estimate of drug-likeness (QED) is 0.727. The molecule has 4 heteroatoms. The van der Waals surface area contributed by atoms with Crippen molar-refractivity contribution in [3.05, 3.63) is 35.1 Å². The molecule has 1 atom stereocenters. The Morgan fingerprint density at radius 1 is 1.29 bits per heavy atom. The molecule has 1 aromatic rings. The number of alkyl halides is 2. The Balaban J connectivity index is 3.22. The summed E-state index contributed by atoms with van der Waals surface area (Å²) in [5.74, 6) is 1.06. The summed E-state index contributed by atoms with van der Waals surface area (Å²) in [6, 6.07) is 2.61. The zero-order valence-electron chi connectivity index (χ0n) is 7.18. The fraction of sp³-hybridized carbons (Fsp3) is 0.200. The van der Waals surface area contributed by atoms with Gasteiger partial charge in [-0.05, 0) is 0 Å². The SMILES string of the molecule is C#CC(N)c1cccc(C(F)F)c1F. The van der Waals surface area contributed by atoms with Crippen molar-refractivity contribution in [1.29, 1.82) is 0 Å². The predicted molar refractivity (Wildman–Crippen MR) is 47.1 cm³/mol. The fourth-order valence-electron chi connectivity index (χ4n) is 1.07. The molecule has 0 saturated carbocycles. The Bertz CT molecular complexity index is 368. The van der Waals surface area contributed by atoms with Gasteiger partial charge in [0.15, 0.2) is 0 Å². The zero-order chi connectivity index (χ0) is 10.7. The van der Waals surface area contributed by atoms with Gasteiger partial charge < -0.3 is 5.73 Å². The molecule has 0 amide bonds. The molecule has 14 heavy (non-hydrogen) atoms. The summed E-state index contributed by atoms with van der Waals surface area (Å²) in [7, 11) is 0. The monoisotopic (exact) mass is 199 g/mol. The molecule has 0 spiro atoms. The topological polar surface area (TPSA) is 26.0 Å². The van der Waals surface area contributed by atoms with E-state index < -0.39 is 23.8 Å². The Kier molecular flexibility index (Phi) is 3.15. The van der Waals surface area contributed by atoms with Gasteiger partial charge in [0.1, 0.15) is 5.82 Å². The molecule has 1 nitrogen and oxygen atoms in total.